The highest BCUT2D eigenvalue weighted by molar-refractivity contribution is 5.29. The van der Waals surface area contributed by atoms with Crippen molar-refractivity contribution in [3.8, 4) is 0 Å². The van der Waals surface area contributed by atoms with E-state index in [-0.39, 0.29) is 12.1 Å². The Balaban J connectivity index is 3.16. The summed E-state index contributed by atoms with van der Waals surface area (Å²) in [6, 6.07) is 2.63. The number of hydrogen-bond donors (Lipinski definition) is 1. The maximum atomic E-state index is 12.6. The number of hydrogen-bond acceptors (Lipinski definition) is 0. The molecule has 0 saturated carbocycles. The molecular weight excluding hydrogens is 198 g/mol. The van der Waals surface area contributed by atoms with Crippen LogP contribution in [0.3, 0.4) is 0 Å². The molecule has 0 fully saturated rings. The van der Waals surface area contributed by atoms with Crippen LogP contribution in [0.4, 0.5) is 17.6 Å². The molecule has 1 aromatic rings. The Labute approximate surface area is 78.7 Å². The summed E-state index contributed by atoms with van der Waals surface area (Å²) in [6.07, 6.45) is -4.51. The van der Waals surface area contributed by atoms with Gasteiger partial charge in [-0.1, -0.05) is 0 Å². The molecule has 0 saturated heterocycles. The minimum Gasteiger partial charge on any atom is -0.475 e. The molecule has 1 nitrogen and oxygen atoms in total. The zero-order valence-corrected chi connectivity index (χ0v) is 7.24. The lowest BCUT2D eigenvalue weighted by Gasteiger charge is -2.12. The molecule has 0 heterocycles. The Morgan fingerprint density at radius 2 is 1.93 bits per heavy atom. The number of quaternary nitrogens is 1. The number of benzene rings is 1. The molecule has 5 heteroatoms. The topological polar surface area (TPSA) is 16.6 Å². The van der Waals surface area contributed by atoms with Crippen molar-refractivity contribution in [1.29, 1.82) is 0 Å². The molecule has 2 N–H and O–H groups in total. The maximum Gasteiger partial charge on any atom is 0.416 e. The highest BCUT2D eigenvalue weighted by Crippen LogP contribution is 2.32. The average molecular weight is 207 g/mol. The highest BCUT2D eigenvalue weighted by atomic mass is 19.4. The standard InChI is InChI=1S/C9H9F4N/c1-14-5-6-2-3-7(10)4-8(6)9(11,12)13/h2-4H,1,5,14H2. The van der Waals surface area contributed by atoms with E-state index in [0.717, 1.165) is 12.1 Å². The van der Waals surface area contributed by atoms with E-state index in [1.807, 2.05) is 0 Å². The van der Waals surface area contributed by atoms with Gasteiger partial charge in [0.25, 0.3) is 0 Å². The van der Waals surface area contributed by atoms with Crippen LogP contribution < -0.4 is 5.32 Å². The van der Waals surface area contributed by atoms with Gasteiger partial charge in [0.1, 0.15) is 5.82 Å². The van der Waals surface area contributed by atoms with Gasteiger partial charge in [-0.15, -0.1) is 0 Å². The molecule has 1 rings (SSSR count). The summed E-state index contributed by atoms with van der Waals surface area (Å²) < 4.78 is 49.6. The van der Waals surface area contributed by atoms with Crippen LogP contribution in [0.2, 0.25) is 0 Å². The van der Waals surface area contributed by atoms with E-state index >= 15 is 0 Å². The minimum absolute atomic E-state index is 0.0360. The van der Waals surface area contributed by atoms with Gasteiger partial charge in [-0.2, -0.15) is 20.2 Å². The Bertz CT molecular complexity index is 319. The zero-order chi connectivity index (χ0) is 10.8. The first-order valence-electron chi connectivity index (χ1n) is 3.91. The van der Waals surface area contributed by atoms with E-state index in [9.17, 15) is 17.6 Å². The summed E-state index contributed by atoms with van der Waals surface area (Å²) in [5, 5.41) is 1.35. The van der Waals surface area contributed by atoms with E-state index in [1.165, 1.54) is 5.32 Å². The van der Waals surface area contributed by atoms with Crippen molar-refractivity contribution >= 4 is 0 Å². The molecule has 0 aromatic heterocycles. The second kappa shape index (κ2) is 3.96. The van der Waals surface area contributed by atoms with Gasteiger partial charge in [0, 0.05) is 5.56 Å². The van der Waals surface area contributed by atoms with Gasteiger partial charge >= 0.3 is 6.18 Å². The summed E-state index contributed by atoms with van der Waals surface area (Å²) in [5.41, 5.74) is -0.897. The second-order valence-corrected chi connectivity index (χ2v) is 2.79. The van der Waals surface area contributed by atoms with E-state index < -0.39 is 17.6 Å². The van der Waals surface area contributed by atoms with Crippen molar-refractivity contribution in [2.75, 3.05) is 0 Å². The fourth-order valence-electron chi connectivity index (χ4n) is 1.15. The molecule has 0 aliphatic rings. The predicted octanol–water partition coefficient (Wildman–Crippen LogP) is 1.70. The first-order valence-corrected chi connectivity index (χ1v) is 3.91. The van der Waals surface area contributed by atoms with Crippen molar-refractivity contribution in [2.24, 2.45) is 0 Å². The number of nitrogens with two attached hydrogens (primary N) is 1. The van der Waals surface area contributed by atoms with Gasteiger partial charge in [0.15, 0.2) is 0 Å². The predicted molar refractivity (Wildman–Crippen MR) is 42.4 cm³/mol. The molecule has 0 atom stereocenters. The van der Waals surface area contributed by atoms with Crippen LogP contribution in [0.15, 0.2) is 18.2 Å². The van der Waals surface area contributed by atoms with Crippen molar-refractivity contribution in [2.45, 2.75) is 12.7 Å². The highest BCUT2D eigenvalue weighted by Gasteiger charge is 2.33. The van der Waals surface area contributed by atoms with Crippen molar-refractivity contribution in [1.82, 2.24) is 0 Å². The Morgan fingerprint density at radius 1 is 1.29 bits per heavy atom. The summed E-state index contributed by atoms with van der Waals surface area (Å²) in [4.78, 5) is 0. The van der Waals surface area contributed by atoms with E-state index in [4.69, 9.17) is 0 Å². The molecule has 1 aromatic carbocycles. The molecule has 0 spiro atoms. The average Bonchev–Trinajstić information content (AvgIpc) is 2.07. The summed E-state index contributed by atoms with van der Waals surface area (Å²) >= 11 is 0. The lowest BCUT2D eigenvalue weighted by Crippen LogP contribution is -2.75. The van der Waals surface area contributed by atoms with Crippen LogP contribution in [0.25, 0.3) is 0 Å². The normalized spacial score (nSPS) is 11.8. The van der Waals surface area contributed by atoms with Crippen LogP contribution in [0.5, 0.6) is 0 Å². The third-order valence-electron chi connectivity index (χ3n) is 1.74. The van der Waals surface area contributed by atoms with Crippen molar-refractivity contribution in [3.05, 3.63) is 42.2 Å². The Morgan fingerprint density at radius 3 is 2.43 bits per heavy atom. The fourth-order valence-corrected chi connectivity index (χ4v) is 1.15. The fraction of sp³-hybridized carbons (Fsp3) is 0.222. The number of halogens is 4. The zero-order valence-electron chi connectivity index (χ0n) is 7.24. The maximum absolute atomic E-state index is 12.6. The molecule has 0 aliphatic heterocycles. The number of rotatable bonds is 2. The second-order valence-electron chi connectivity index (χ2n) is 2.79. The quantitative estimate of drug-likeness (QED) is 0.561. The van der Waals surface area contributed by atoms with Crippen molar-refractivity contribution < 1.29 is 22.9 Å². The molecule has 0 unspecified atom stereocenters. The molecule has 0 amide bonds. The van der Waals surface area contributed by atoms with Crippen LogP contribution >= 0.6 is 0 Å². The third kappa shape index (κ3) is 2.45. The van der Waals surface area contributed by atoms with Gasteiger partial charge in [-0.3, -0.25) is 0 Å². The van der Waals surface area contributed by atoms with E-state index in [0.29, 0.717) is 6.07 Å². The van der Waals surface area contributed by atoms with Gasteiger partial charge < -0.3 is 5.32 Å². The summed E-state index contributed by atoms with van der Waals surface area (Å²) in [6.45, 7) is 0.0785. The molecule has 0 aliphatic carbocycles. The molecule has 78 valence electrons. The molecule has 0 radical (unpaired) electrons. The SMILES string of the molecule is [CH2-][NH2+]Cc1ccc(F)cc1C(F)(F)F. The van der Waals surface area contributed by atoms with Gasteiger partial charge in [0.2, 0.25) is 0 Å². The van der Waals surface area contributed by atoms with Gasteiger partial charge in [0.05, 0.1) is 12.1 Å². The van der Waals surface area contributed by atoms with Crippen molar-refractivity contribution in [3.63, 3.8) is 0 Å². The van der Waals surface area contributed by atoms with E-state index in [2.05, 4.69) is 7.05 Å². The van der Waals surface area contributed by atoms with Gasteiger partial charge in [-0.05, 0) is 18.2 Å². The van der Waals surface area contributed by atoms with Crippen LogP contribution in [-0.2, 0) is 12.7 Å². The largest absolute Gasteiger partial charge is 0.475 e. The summed E-state index contributed by atoms with van der Waals surface area (Å²) in [5.74, 6) is -0.884. The van der Waals surface area contributed by atoms with Gasteiger partial charge in [-0.25, -0.2) is 4.39 Å². The molecular formula is C9H9F4N. The van der Waals surface area contributed by atoms with Crippen LogP contribution in [0.1, 0.15) is 11.1 Å². The third-order valence-corrected chi connectivity index (χ3v) is 1.74. The minimum atomic E-state index is -4.51. The monoisotopic (exact) mass is 207 g/mol. The summed E-state index contributed by atoms with van der Waals surface area (Å²) in [7, 11) is 3.34. The van der Waals surface area contributed by atoms with E-state index in [1.54, 1.807) is 0 Å². The Hall–Kier alpha value is -1.10. The van der Waals surface area contributed by atoms with Crippen LogP contribution in [0, 0.1) is 12.9 Å². The smallest absolute Gasteiger partial charge is 0.416 e. The molecule has 0 bridgehead atoms. The lowest BCUT2D eigenvalue weighted by molar-refractivity contribution is -0.612. The first kappa shape index (κ1) is 11.0. The number of alkyl halides is 3. The van der Waals surface area contributed by atoms with Crippen LogP contribution in [-0.4, -0.2) is 0 Å². The lowest BCUT2D eigenvalue weighted by atomic mass is 10.1. The Kier molecular flexibility index (Phi) is 3.10. The molecule has 14 heavy (non-hydrogen) atoms. The first-order chi connectivity index (χ1) is 6.45.